The Hall–Kier alpha value is -2.88. The molecule has 4 rings (SSSR count). The summed E-state index contributed by atoms with van der Waals surface area (Å²) in [5, 5.41) is 3.70. The van der Waals surface area contributed by atoms with Crippen LogP contribution in [-0.4, -0.2) is 50.0 Å². The molecule has 0 aliphatic heterocycles. The number of anilines is 1. The van der Waals surface area contributed by atoms with Crippen molar-refractivity contribution in [1.82, 2.24) is 10.2 Å². The van der Waals surface area contributed by atoms with Crippen LogP contribution in [0.2, 0.25) is 5.02 Å². The highest BCUT2D eigenvalue weighted by molar-refractivity contribution is 9.10. The summed E-state index contributed by atoms with van der Waals surface area (Å²) >= 11 is 9.69. The largest absolute Gasteiger partial charge is 0.352 e. The molecule has 0 bridgehead atoms. The van der Waals surface area contributed by atoms with Gasteiger partial charge in [0, 0.05) is 28.5 Å². The van der Waals surface area contributed by atoms with E-state index in [-0.39, 0.29) is 24.9 Å². The highest BCUT2D eigenvalue weighted by Crippen LogP contribution is 2.28. The molecule has 0 aromatic heterocycles. The van der Waals surface area contributed by atoms with Gasteiger partial charge in [0.05, 0.1) is 11.9 Å². The fraction of sp³-hybridized carbons (Fsp3) is 0.355. The molecule has 218 valence electrons. The van der Waals surface area contributed by atoms with E-state index in [9.17, 15) is 18.0 Å². The molecule has 41 heavy (non-hydrogen) atoms. The number of benzene rings is 3. The van der Waals surface area contributed by atoms with E-state index in [1.54, 1.807) is 42.5 Å². The third-order valence-corrected chi connectivity index (χ3v) is 9.30. The summed E-state index contributed by atoms with van der Waals surface area (Å²) < 4.78 is 27.5. The lowest BCUT2D eigenvalue weighted by atomic mass is 9.94. The second-order valence-electron chi connectivity index (χ2n) is 10.4. The lowest BCUT2D eigenvalue weighted by Crippen LogP contribution is -2.55. The number of para-hydroxylation sites is 1. The summed E-state index contributed by atoms with van der Waals surface area (Å²) in [6, 6.07) is 22.7. The number of sulfonamides is 1. The predicted octanol–water partition coefficient (Wildman–Crippen LogP) is 5.96. The van der Waals surface area contributed by atoms with Crippen LogP contribution in [0.4, 0.5) is 5.69 Å². The monoisotopic (exact) mass is 659 g/mol. The third-order valence-electron chi connectivity index (χ3n) is 7.26. The van der Waals surface area contributed by atoms with E-state index in [1.165, 1.54) is 4.90 Å². The molecule has 3 aromatic carbocycles. The van der Waals surface area contributed by atoms with Gasteiger partial charge in [0.2, 0.25) is 21.8 Å². The highest BCUT2D eigenvalue weighted by atomic mass is 79.9. The minimum atomic E-state index is -3.84. The number of amides is 2. The molecule has 1 fully saturated rings. The fourth-order valence-electron chi connectivity index (χ4n) is 5.18. The molecule has 1 atom stereocenters. The van der Waals surface area contributed by atoms with E-state index in [4.69, 9.17) is 11.6 Å². The van der Waals surface area contributed by atoms with E-state index in [0.29, 0.717) is 15.2 Å². The van der Waals surface area contributed by atoms with Gasteiger partial charge in [0.25, 0.3) is 0 Å². The van der Waals surface area contributed by atoms with Crippen LogP contribution in [0, 0.1) is 0 Å². The van der Waals surface area contributed by atoms with E-state index in [2.05, 4.69) is 21.2 Å². The molecule has 0 spiro atoms. The molecule has 0 saturated heterocycles. The minimum absolute atomic E-state index is 0.0467. The number of nitrogens with zero attached hydrogens (tertiary/aromatic N) is 2. The van der Waals surface area contributed by atoms with E-state index in [1.807, 2.05) is 36.4 Å². The summed E-state index contributed by atoms with van der Waals surface area (Å²) in [6.45, 7) is -0.382. The molecule has 2 amide bonds. The normalized spacial score (nSPS) is 14.7. The summed E-state index contributed by atoms with van der Waals surface area (Å²) in [5.74, 6) is -0.742. The van der Waals surface area contributed by atoms with Gasteiger partial charge in [-0.15, -0.1) is 0 Å². The molecule has 1 N–H and O–H groups in total. The number of rotatable bonds is 11. The Labute approximate surface area is 256 Å². The Morgan fingerprint density at radius 3 is 2.27 bits per heavy atom. The molecule has 0 heterocycles. The maximum Gasteiger partial charge on any atom is 0.244 e. The number of hydrogen-bond donors (Lipinski definition) is 1. The van der Waals surface area contributed by atoms with E-state index in [0.717, 1.165) is 53.8 Å². The molecule has 3 aromatic rings. The zero-order valence-corrected chi connectivity index (χ0v) is 26.2. The predicted molar refractivity (Wildman–Crippen MR) is 167 cm³/mol. The summed E-state index contributed by atoms with van der Waals surface area (Å²) in [6.07, 6.45) is 6.39. The van der Waals surface area contributed by atoms with Crippen LogP contribution in [-0.2, 0) is 32.6 Å². The Kier molecular flexibility index (Phi) is 10.9. The van der Waals surface area contributed by atoms with Gasteiger partial charge in [-0.25, -0.2) is 8.42 Å². The van der Waals surface area contributed by atoms with Gasteiger partial charge >= 0.3 is 0 Å². The van der Waals surface area contributed by atoms with Crippen LogP contribution < -0.4 is 9.62 Å². The molecular formula is C31H35BrClN3O4S. The molecule has 1 aliphatic carbocycles. The topological polar surface area (TPSA) is 86.8 Å². The van der Waals surface area contributed by atoms with Gasteiger partial charge in [-0.2, -0.15) is 0 Å². The zero-order chi connectivity index (χ0) is 29.4. The standard InChI is InChI=1S/C31H35BrClN3O4S/c1-41(39,40)36(28-18-9-8-17-27(28)32)22-30(37)35(21-24-13-10-14-25(33)19-24)29(20-23-11-4-2-5-12-23)31(38)34-26-15-6-3-7-16-26/h2,4-5,8-14,17-19,26,29H,3,6-7,15-16,20-22H2,1H3,(H,34,38)/t29-/m0/s1. The Morgan fingerprint density at radius 1 is 0.951 bits per heavy atom. The molecule has 0 unspecified atom stereocenters. The molecule has 10 heteroatoms. The lowest BCUT2D eigenvalue weighted by Gasteiger charge is -2.35. The maximum absolute atomic E-state index is 14.2. The number of nitrogens with one attached hydrogen (secondary N) is 1. The minimum Gasteiger partial charge on any atom is -0.352 e. The van der Waals surface area contributed by atoms with Gasteiger partial charge in [-0.1, -0.05) is 85.5 Å². The van der Waals surface area contributed by atoms with Crippen LogP contribution in [0.1, 0.15) is 43.2 Å². The van der Waals surface area contributed by atoms with Crippen LogP contribution in [0.5, 0.6) is 0 Å². The first-order chi connectivity index (χ1) is 19.6. The SMILES string of the molecule is CS(=O)(=O)N(CC(=O)N(Cc1cccc(Cl)c1)[C@@H](Cc1ccccc1)C(=O)NC1CCCCC1)c1ccccc1Br. The molecule has 1 saturated carbocycles. The molecule has 7 nitrogen and oxygen atoms in total. The second-order valence-corrected chi connectivity index (χ2v) is 13.6. The zero-order valence-electron chi connectivity index (χ0n) is 23.0. The maximum atomic E-state index is 14.2. The molecule has 1 aliphatic rings. The summed E-state index contributed by atoms with van der Waals surface area (Å²) in [5.41, 5.74) is 1.98. The van der Waals surface area contributed by atoms with Gasteiger partial charge < -0.3 is 10.2 Å². The average molecular weight is 661 g/mol. The fourth-order valence-corrected chi connectivity index (χ4v) is 6.87. The van der Waals surface area contributed by atoms with E-state index >= 15 is 0 Å². The first-order valence-corrected chi connectivity index (χ1v) is 16.7. The first kappa shape index (κ1) is 31.1. The van der Waals surface area contributed by atoms with E-state index < -0.39 is 28.5 Å². The van der Waals surface area contributed by atoms with Crippen molar-refractivity contribution >= 4 is 55.1 Å². The van der Waals surface area contributed by atoms with Gasteiger partial charge in [-0.3, -0.25) is 13.9 Å². The number of carbonyl (C=O) groups excluding carboxylic acids is 2. The van der Waals surface area contributed by atoms with Crippen molar-refractivity contribution in [1.29, 1.82) is 0 Å². The highest BCUT2D eigenvalue weighted by Gasteiger charge is 2.34. The average Bonchev–Trinajstić information content (AvgIpc) is 2.94. The van der Waals surface area contributed by atoms with Crippen molar-refractivity contribution in [2.75, 3.05) is 17.1 Å². The van der Waals surface area contributed by atoms with Crippen molar-refractivity contribution in [3.63, 3.8) is 0 Å². The second kappa shape index (κ2) is 14.3. The Morgan fingerprint density at radius 2 is 1.61 bits per heavy atom. The molecular weight excluding hydrogens is 626 g/mol. The van der Waals surface area contributed by atoms with Gasteiger partial charge in [0.1, 0.15) is 12.6 Å². The number of halogens is 2. The first-order valence-electron chi connectivity index (χ1n) is 13.7. The van der Waals surface area contributed by atoms with Crippen molar-refractivity contribution in [2.24, 2.45) is 0 Å². The third kappa shape index (κ3) is 8.80. The van der Waals surface area contributed by atoms with Gasteiger partial charge in [0.15, 0.2) is 0 Å². The van der Waals surface area contributed by atoms with Crippen LogP contribution in [0.25, 0.3) is 0 Å². The van der Waals surface area contributed by atoms with Crippen molar-refractivity contribution < 1.29 is 18.0 Å². The van der Waals surface area contributed by atoms with Crippen LogP contribution in [0.3, 0.4) is 0 Å². The number of hydrogen-bond acceptors (Lipinski definition) is 4. The quantitative estimate of drug-likeness (QED) is 0.275. The molecule has 0 radical (unpaired) electrons. The lowest BCUT2D eigenvalue weighted by molar-refractivity contribution is -0.140. The van der Waals surface area contributed by atoms with Crippen molar-refractivity contribution in [2.45, 2.75) is 57.2 Å². The van der Waals surface area contributed by atoms with Crippen LogP contribution in [0.15, 0.2) is 83.3 Å². The Bertz CT molecular complexity index is 1450. The van der Waals surface area contributed by atoms with Crippen molar-refractivity contribution in [3.8, 4) is 0 Å². The van der Waals surface area contributed by atoms with Gasteiger partial charge in [-0.05, 0) is 64.2 Å². The van der Waals surface area contributed by atoms with Crippen molar-refractivity contribution in [3.05, 3.63) is 99.5 Å². The summed E-state index contributed by atoms with van der Waals surface area (Å²) in [7, 11) is -3.84. The van der Waals surface area contributed by atoms with Crippen LogP contribution >= 0.6 is 27.5 Å². The Balaban J connectivity index is 1.73. The number of carbonyl (C=O) groups is 2. The smallest absolute Gasteiger partial charge is 0.244 e. The summed E-state index contributed by atoms with van der Waals surface area (Å²) in [4.78, 5) is 29.6.